The molecule has 0 saturated carbocycles. The van der Waals surface area contributed by atoms with Gasteiger partial charge < -0.3 is 19.9 Å². The van der Waals surface area contributed by atoms with Gasteiger partial charge in [0.1, 0.15) is 13.2 Å². The first-order valence-electron chi connectivity index (χ1n) is 7.01. The topological polar surface area (TPSA) is 50.7 Å². The van der Waals surface area contributed by atoms with Gasteiger partial charge in [-0.25, -0.2) is 0 Å². The molecule has 0 aliphatic carbocycles. The minimum Gasteiger partial charge on any atom is -0.486 e. The summed E-state index contributed by atoms with van der Waals surface area (Å²) in [5, 5.41) is 14.2. The number of benzene rings is 1. The first-order chi connectivity index (χ1) is 9.18. The molecule has 0 aromatic heterocycles. The van der Waals surface area contributed by atoms with Gasteiger partial charge in [0, 0.05) is 12.5 Å². The Morgan fingerprint density at radius 1 is 1.26 bits per heavy atom. The number of piperidine rings is 1. The van der Waals surface area contributed by atoms with Crippen molar-refractivity contribution in [2.24, 2.45) is 5.92 Å². The fraction of sp³-hybridized carbons (Fsp3) is 0.600. The zero-order chi connectivity index (χ0) is 13.3. The SMILES string of the molecule is CC(O)(c1ccc2c(c1)OCCO2)C1CCCNC1. The van der Waals surface area contributed by atoms with E-state index in [0.717, 1.165) is 43.0 Å². The molecular weight excluding hydrogens is 242 g/mol. The highest BCUT2D eigenvalue weighted by Crippen LogP contribution is 2.38. The summed E-state index contributed by atoms with van der Waals surface area (Å²) in [7, 11) is 0. The summed E-state index contributed by atoms with van der Waals surface area (Å²) in [4.78, 5) is 0. The molecular formula is C15H21NO3. The van der Waals surface area contributed by atoms with E-state index in [1.54, 1.807) is 0 Å². The van der Waals surface area contributed by atoms with Crippen molar-refractivity contribution in [2.45, 2.75) is 25.4 Å². The first-order valence-corrected chi connectivity index (χ1v) is 7.01. The van der Waals surface area contributed by atoms with E-state index in [1.165, 1.54) is 0 Å². The Balaban J connectivity index is 1.87. The Bertz CT molecular complexity index is 453. The second kappa shape index (κ2) is 5.02. The van der Waals surface area contributed by atoms with Gasteiger partial charge in [-0.05, 0) is 44.0 Å². The van der Waals surface area contributed by atoms with E-state index >= 15 is 0 Å². The second-order valence-corrected chi connectivity index (χ2v) is 5.55. The molecule has 0 radical (unpaired) electrons. The van der Waals surface area contributed by atoms with Crippen LogP contribution in [0.4, 0.5) is 0 Å². The number of hydrogen-bond donors (Lipinski definition) is 2. The van der Waals surface area contributed by atoms with E-state index in [-0.39, 0.29) is 5.92 Å². The van der Waals surface area contributed by atoms with Crippen LogP contribution in [0.25, 0.3) is 0 Å². The Labute approximate surface area is 113 Å². The van der Waals surface area contributed by atoms with Crippen molar-refractivity contribution in [2.75, 3.05) is 26.3 Å². The van der Waals surface area contributed by atoms with E-state index in [9.17, 15) is 5.11 Å². The van der Waals surface area contributed by atoms with E-state index in [4.69, 9.17) is 9.47 Å². The van der Waals surface area contributed by atoms with Crippen molar-refractivity contribution < 1.29 is 14.6 Å². The number of fused-ring (bicyclic) bond motifs is 1. The van der Waals surface area contributed by atoms with Crippen LogP contribution in [0.1, 0.15) is 25.3 Å². The van der Waals surface area contributed by atoms with Crippen LogP contribution in [0.15, 0.2) is 18.2 Å². The highest BCUT2D eigenvalue weighted by Gasteiger charge is 2.35. The smallest absolute Gasteiger partial charge is 0.161 e. The molecule has 1 aromatic rings. The van der Waals surface area contributed by atoms with Gasteiger partial charge in [0.2, 0.25) is 0 Å². The normalized spacial score (nSPS) is 25.7. The molecule has 1 fully saturated rings. The van der Waals surface area contributed by atoms with Gasteiger partial charge in [0.25, 0.3) is 0 Å². The molecule has 2 atom stereocenters. The Hall–Kier alpha value is -1.26. The predicted molar refractivity (Wildman–Crippen MR) is 72.6 cm³/mol. The zero-order valence-electron chi connectivity index (χ0n) is 11.3. The maximum atomic E-state index is 10.9. The fourth-order valence-electron chi connectivity index (χ4n) is 2.93. The van der Waals surface area contributed by atoms with Crippen LogP contribution in [-0.4, -0.2) is 31.4 Å². The fourth-order valence-corrected chi connectivity index (χ4v) is 2.93. The van der Waals surface area contributed by atoms with E-state index < -0.39 is 5.60 Å². The Morgan fingerprint density at radius 3 is 2.79 bits per heavy atom. The van der Waals surface area contributed by atoms with Crippen LogP contribution >= 0.6 is 0 Å². The van der Waals surface area contributed by atoms with Gasteiger partial charge in [-0.1, -0.05) is 6.07 Å². The van der Waals surface area contributed by atoms with Crippen molar-refractivity contribution in [3.63, 3.8) is 0 Å². The number of nitrogens with one attached hydrogen (secondary N) is 1. The van der Waals surface area contributed by atoms with Crippen LogP contribution in [0.3, 0.4) is 0 Å². The van der Waals surface area contributed by atoms with Gasteiger partial charge in [0.05, 0.1) is 5.60 Å². The zero-order valence-corrected chi connectivity index (χ0v) is 11.3. The molecule has 0 bridgehead atoms. The highest BCUT2D eigenvalue weighted by molar-refractivity contribution is 5.45. The van der Waals surface area contributed by atoms with Crippen LogP contribution in [0.5, 0.6) is 11.5 Å². The summed E-state index contributed by atoms with van der Waals surface area (Å²) >= 11 is 0. The third-order valence-corrected chi connectivity index (χ3v) is 4.22. The van der Waals surface area contributed by atoms with E-state index in [1.807, 2.05) is 25.1 Å². The molecule has 19 heavy (non-hydrogen) atoms. The number of rotatable bonds is 2. The minimum atomic E-state index is -0.830. The summed E-state index contributed by atoms with van der Waals surface area (Å²) in [5.74, 6) is 1.75. The van der Waals surface area contributed by atoms with Gasteiger partial charge >= 0.3 is 0 Å². The first kappa shape index (κ1) is 12.8. The van der Waals surface area contributed by atoms with Crippen LogP contribution in [0, 0.1) is 5.92 Å². The quantitative estimate of drug-likeness (QED) is 0.852. The second-order valence-electron chi connectivity index (χ2n) is 5.55. The molecule has 0 spiro atoms. The molecule has 2 heterocycles. The third-order valence-electron chi connectivity index (χ3n) is 4.22. The molecule has 4 nitrogen and oxygen atoms in total. The van der Waals surface area contributed by atoms with Gasteiger partial charge in [0.15, 0.2) is 11.5 Å². The van der Waals surface area contributed by atoms with Gasteiger partial charge in [-0.3, -0.25) is 0 Å². The lowest BCUT2D eigenvalue weighted by Gasteiger charge is -2.36. The molecule has 2 aliphatic rings. The highest BCUT2D eigenvalue weighted by atomic mass is 16.6. The average molecular weight is 263 g/mol. The molecule has 2 aliphatic heterocycles. The molecule has 104 valence electrons. The number of ether oxygens (including phenoxy) is 2. The largest absolute Gasteiger partial charge is 0.486 e. The molecule has 1 saturated heterocycles. The van der Waals surface area contributed by atoms with Crippen LogP contribution < -0.4 is 14.8 Å². The third kappa shape index (κ3) is 2.42. The maximum absolute atomic E-state index is 10.9. The van der Waals surface area contributed by atoms with Crippen molar-refractivity contribution in [1.29, 1.82) is 0 Å². The molecule has 3 rings (SSSR count). The van der Waals surface area contributed by atoms with Crippen molar-refractivity contribution in [1.82, 2.24) is 5.32 Å². The molecule has 1 aromatic carbocycles. The van der Waals surface area contributed by atoms with Gasteiger partial charge in [-0.2, -0.15) is 0 Å². The summed E-state index contributed by atoms with van der Waals surface area (Å²) < 4.78 is 11.1. The summed E-state index contributed by atoms with van der Waals surface area (Å²) in [6.45, 7) is 4.98. The Kier molecular flexibility index (Phi) is 3.37. The summed E-state index contributed by atoms with van der Waals surface area (Å²) in [6, 6.07) is 5.76. The summed E-state index contributed by atoms with van der Waals surface area (Å²) in [5.41, 5.74) is 0.0777. The molecule has 4 heteroatoms. The van der Waals surface area contributed by atoms with Crippen LogP contribution in [-0.2, 0) is 5.60 Å². The monoisotopic (exact) mass is 263 g/mol. The van der Waals surface area contributed by atoms with Crippen LogP contribution in [0.2, 0.25) is 0 Å². The lowest BCUT2D eigenvalue weighted by atomic mass is 9.79. The predicted octanol–water partition coefficient (Wildman–Crippen LogP) is 1.66. The molecule has 2 N–H and O–H groups in total. The minimum absolute atomic E-state index is 0.240. The number of hydrogen-bond acceptors (Lipinski definition) is 4. The van der Waals surface area contributed by atoms with E-state index in [2.05, 4.69) is 5.32 Å². The van der Waals surface area contributed by atoms with E-state index in [0.29, 0.717) is 13.2 Å². The summed E-state index contributed by atoms with van der Waals surface area (Å²) in [6.07, 6.45) is 2.17. The average Bonchev–Trinajstić information content (AvgIpc) is 2.47. The lowest BCUT2D eigenvalue weighted by Crippen LogP contribution is -2.42. The number of aliphatic hydroxyl groups is 1. The molecule has 2 unspecified atom stereocenters. The lowest BCUT2D eigenvalue weighted by molar-refractivity contribution is -0.0160. The van der Waals surface area contributed by atoms with Gasteiger partial charge in [-0.15, -0.1) is 0 Å². The van der Waals surface area contributed by atoms with Crippen molar-refractivity contribution in [3.05, 3.63) is 23.8 Å². The standard InChI is InChI=1S/C15H21NO3/c1-15(17,12-3-2-6-16-10-12)11-4-5-13-14(9-11)19-8-7-18-13/h4-5,9,12,16-17H,2-3,6-8,10H2,1H3. The van der Waals surface area contributed by atoms with Crippen molar-refractivity contribution >= 4 is 0 Å². The Morgan fingerprint density at radius 2 is 2.05 bits per heavy atom. The molecule has 0 amide bonds. The van der Waals surface area contributed by atoms with Crippen molar-refractivity contribution in [3.8, 4) is 11.5 Å². The maximum Gasteiger partial charge on any atom is 0.161 e.